The zero-order chi connectivity index (χ0) is 17.4. The van der Waals surface area contributed by atoms with Crippen molar-refractivity contribution in [3.05, 3.63) is 58.6 Å². The van der Waals surface area contributed by atoms with Crippen LogP contribution in [0.5, 0.6) is 0 Å². The summed E-state index contributed by atoms with van der Waals surface area (Å²) in [5.74, 6) is 0.0340. The highest BCUT2D eigenvalue weighted by atomic mass is 35.5. The molecule has 130 valence electrons. The number of hydrogen-bond donors (Lipinski definition) is 2. The Bertz CT molecular complexity index is 793. The molecular weight excluding hydrogens is 334 g/mol. The number of nitrogens with one attached hydrogen (secondary N) is 2. The Balaban J connectivity index is 1.44. The van der Waals surface area contributed by atoms with Crippen molar-refractivity contribution in [2.75, 3.05) is 17.2 Å². The van der Waals surface area contributed by atoms with Crippen LogP contribution >= 0.6 is 11.6 Å². The Labute approximate surface area is 153 Å². The maximum Gasteiger partial charge on any atom is 0.228 e. The lowest BCUT2D eigenvalue weighted by Gasteiger charge is -2.21. The number of likely N-dealkylation sites (tertiary alicyclic amines) is 1. The highest BCUT2D eigenvalue weighted by Crippen LogP contribution is 2.34. The Morgan fingerprint density at radius 3 is 2.88 bits per heavy atom. The first-order valence-corrected chi connectivity index (χ1v) is 9.13. The summed E-state index contributed by atoms with van der Waals surface area (Å²) in [5, 5.41) is 7.09. The maximum atomic E-state index is 11.5. The van der Waals surface area contributed by atoms with Crippen molar-refractivity contribution in [1.29, 1.82) is 0 Å². The van der Waals surface area contributed by atoms with Gasteiger partial charge in [-0.1, -0.05) is 41.9 Å². The minimum absolute atomic E-state index is 0.0340. The quantitative estimate of drug-likeness (QED) is 0.874. The Hall–Kier alpha value is -2.04. The van der Waals surface area contributed by atoms with Gasteiger partial charge in [0.05, 0.1) is 17.1 Å². The van der Waals surface area contributed by atoms with Crippen LogP contribution in [-0.4, -0.2) is 29.4 Å². The number of anilines is 2. The first kappa shape index (κ1) is 16.4. The summed E-state index contributed by atoms with van der Waals surface area (Å²) in [6, 6.07) is 15.3. The molecule has 2 heterocycles. The second kappa shape index (κ2) is 6.70. The van der Waals surface area contributed by atoms with Gasteiger partial charge < -0.3 is 10.6 Å². The van der Waals surface area contributed by atoms with Gasteiger partial charge in [0.1, 0.15) is 0 Å². The van der Waals surface area contributed by atoms with E-state index in [4.69, 9.17) is 11.6 Å². The largest absolute Gasteiger partial charge is 0.380 e. The summed E-state index contributed by atoms with van der Waals surface area (Å²) in [6.07, 6.45) is 1.51. The van der Waals surface area contributed by atoms with Crippen LogP contribution in [-0.2, 0) is 17.8 Å². The predicted molar refractivity (Wildman–Crippen MR) is 102 cm³/mol. The lowest BCUT2D eigenvalue weighted by Crippen LogP contribution is -2.28. The van der Waals surface area contributed by atoms with Crippen LogP contribution < -0.4 is 10.6 Å². The maximum absolute atomic E-state index is 11.5. The average Bonchev–Trinajstić information content (AvgIpc) is 3.10. The summed E-state index contributed by atoms with van der Waals surface area (Å²) in [7, 11) is 0. The molecule has 4 rings (SSSR count). The van der Waals surface area contributed by atoms with Crippen molar-refractivity contribution >= 4 is 28.9 Å². The van der Waals surface area contributed by atoms with Crippen LogP contribution in [0, 0.1) is 0 Å². The SMILES string of the molecule is CC1CC(Nc2cc3c(cc2Cl)NC(=O)C3)CN1Cc1ccccc1. The van der Waals surface area contributed by atoms with E-state index in [2.05, 4.69) is 52.8 Å². The summed E-state index contributed by atoms with van der Waals surface area (Å²) in [6.45, 7) is 4.23. The third-order valence-corrected chi connectivity index (χ3v) is 5.42. The molecule has 2 atom stereocenters. The summed E-state index contributed by atoms with van der Waals surface area (Å²) in [5.41, 5.74) is 4.13. The van der Waals surface area contributed by atoms with Gasteiger partial charge in [-0.25, -0.2) is 0 Å². The number of hydrogen-bond acceptors (Lipinski definition) is 3. The Kier molecular flexibility index (Phi) is 4.40. The van der Waals surface area contributed by atoms with Gasteiger partial charge in [0.15, 0.2) is 0 Å². The molecular formula is C20H22ClN3O. The van der Waals surface area contributed by atoms with Crippen molar-refractivity contribution in [3.63, 3.8) is 0 Å². The van der Waals surface area contributed by atoms with Crippen molar-refractivity contribution in [2.24, 2.45) is 0 Å². The van der Waals surface area contributed by atoms with Gasteiger partial charge in [0.25, 0.3) is 0 Å². The van der Waals surface area contributed by atoms with E-state index in [0.29, 0.717) is 23.5 Å². The predicted octanol–water partition coefficient (Wildman–Crippen LogP) is 3.91. The molecule has 1 fully saturated rings. The van der Waals surface area contributed by atoms with Crippen LogP contribution in [0.4, 0.5) is 11.4 Å². The van der Waals surface area contributed by atoms with Crippen molar-refractivity contribution in [1.82, 2.24) is 4.90 Å². The molecule has 2 unspecified atom stereocenters. The number of nitrogens with zero attached hydrogens (tertiary/aromatic N) is 1. The van der Waals surface area contributed by atoms with Crippen molar-refractivity contribution in [2.45, 2.75) is 38.4 Å². The fraction of sp³-hybridized carbons (Fsp3) is 0.350. The molecule has 5 heteroatoms. The highest BCUT2D eigenvalue weighted by molar-refractivity contribution is 6.33. The number of halogens is 1. The first-order valence-electron chi connectivity index (χ1n) is 8.75. The molecule has 0 bridgehead atoms. The van der Waals surface area contributed by atoms with E-state index in [0.717, 1.165) is 36.4 Å². The molecule has 2 aromatic rings. The summed E-state index contributed by atoms with van der Waals surface area (Å²) < 4.78 is 0. The van der Waals surface area contributed by atoms with Gasteiger partial charge in [-0.3, -0.25) is 9.69 Å². The smallest absolute Gasteiger partial charge is 0.228 e. The summed E-state index contributed by atoms with van der Waals surface area (Å²) >= 11 is 6.41. The molecule has 0 radical (unpaired) electrons. The minimum Gasteiger partial charge on any atom is -0.380 e. The van der Waals surface area contributed by atoms with E-state index in [1.807, 2.05) is 12.1 Å². The molecule has 2 N–H and O–H groups in total. The molecule has 2 aliphatic heterocycles. The van der Waals surface area contributed by atoms with Gasteiger partial charge in [-0.2, -0.15) is 0 Å². The Morgan fingerprint density at radius 1 is 1.28 bits per heavy atom. The van der Waals surface area contributed by atoms with E-state index in [9.17, 15) is 4.79 Å². The molecule has 4 nitrogen and oxygen atoms in total. The zero-order valence-electron chi connectivity index (χ0n) is 14.3. The third-order valence-electron chi connectivity index (χ3n) is 5.11. The summed E-state index contributed by atoms with van der Waals surface area (Å²) in [4.78, 5) is 14.0. The van der Waals surface area contributed by atoms with Gasteiger partial charge >= 0.3 is 0 Å². The van der Waals surface area contributed by atoms with Gasteiger partial charge in [-0.05, 0) is 36.6 Å². The topological polar surface area (TPSA) is 44.4 Å². The number of carbonyl (C=O) groups is 1. The molecule has 0 aromatic heterocycles. The van der Waals surface area contributed by atoms with Gasteiger partial charge in [0.2, 0.25) is 5.91 Å². The fourth-order valence-corrected chi connectivity index (χ4v) is 4.04. The normalized spacial score (nSPS) is 22.7. The molecule has 2 aliphatic rings. The van der Waals surface area contributed by atoms with Gasteiger partial charge in [0, 0.05) is 30.9 Å². The van der Waals surface area contributed by atoms with Crippen molar-refractivity contribution in [3.8, 4) is 0 Å². The van der Waals surface area contributed by atoms with Crippen molar-refractivity contribution < 1.29 is 4.79 Å². The molecule has 1 saturated heterocycles. The number of benzene rings is 2. The lowest BCUT2D eigenvalue weighted by atomic mass is 10.1. The number of amides is 1. The van der Waals surface area contributed by atoms with E-state index in [1.165, 1.54) is 5.56 Å². The third kappa shape index (κ3) is 3.51. The average molecular weight is 356 g/mol. The molecule has 0 aliphatic carbocycles. The minimum atomic E-state index is 0.0340. The molecule has 25 heavy (non-hydrogen) atoms. The van der Waals surface area contributed by atoms with Crippen LogP contribution in [0.25, 0.3) is 0 Å². The molecule has 1 amide bonds. The van der Waals surface area contributed by atoms with Crippen LogP contribution in [0.1, 0.15) is 24.5 Å². The highest BCUT2D eigenvalue weighted by Gasteiger charge is 2.29. The van der Waals surface area contributed by atoms with E-state index >= 15 is 0 Å². The number of rotatable bonds is 4. The molecule has 2 aromatic carbocycles. The molecule has 0 spiro atoms. The standard InChI is InChI=1S/C20H22ClN3O/c1-13-7-16(12-24(13)11-14-5-3-2-4-6-14)22-19-8-15-9-20(25)23-18(15)10-17(19)21/h2-6,8,10,13,16,22H,7,9,11-12H2,1H3,(H,23,25). The fourth-order valence-electron chi connectivity index (χ4n) is 3.82. The van der Waals surface area contributed by atoms with Crippen LogP contribution in [0.15, 0.2) is 42.5 Å². The van der Waals surface area contributed by atoms with Crippen LogP contribution in [0.2, 0.25) is 5.02 Å². The molecule has 0 saturated carbocycles. The lowest BCUT2D eigenvalue weighted by molar-refractivity contribution is -0.115. The Morgan fingerprint density at radius 2 is 2.08 bits per heavy atom. The number of fused-ring (bicyclic) bond motifs is 1. The second-order valence-electron chi connectivity index (χ2n) is 7.06. The van der Waals surface area contributed by atoms with Gasteiger partial charge in [-0.15, -0.1) is 0 Å². The zero-order valence-corrected chi connectivity index (χ0v) is 15.0. The first-order chi connectivity index (χ1) is 12.1. The van der Waals surface area contributed by atoms with E-state index in [1.54, 1.807) is 0 Å². The van der Waals surface area contributed by atoms with E-state index in [-0.39, 0.29) is 5.91 Å². The second-order valence-corrected chi connectivity index (χ2v) is 7.46. The van der Waals surface area contributed by atoms with Crippen LogP contribution in [0.3, 0.4) is 0 Å². The number of carbonyl (C=O) groups excluding carboxylic acids is 1. The monoisotopic (exact) mass is 355 g/mol. The van der Waals surface area contributed by atoms with E-state index < -0.39 is 0 Å².